The molecule has 0 radical (unpaired) electrons. The Kier molecular flexibility index (Phi) is 3.66. The molecule has 1 atom stereocenters. The first-order valence-electron chi connectivity index (χ1n) is 8.47. The number of aliphatic hydroxyl groups is 1. The lowest BCUT2D eigenvalue weighted by molar-refractivity contribution is 0.0408. The van der Waals surface area contributed by atoms with Crippen molar-refractivity contribution in [3.8, 4) is 0 Å². The molecule has 1 fully saturated rings. The van der Waals surface area contributed by atoms with E-state index in [-0.39, 0.29) is 6.04 Å². The normalized spacial score (nSPS) is 22.0. The Hall–Kier alpha value is -2.18. The van der Waals surface area contributed by atoms with E-state index >= 15 is 0 Å². The molecule has 3 heterocycles. The van der Waals surface area contributed by atoms with Crippen molar-refractivity contribution in [1.82, 2.24) is 24.9 Å². The number of hydrogen-bond acceptors (Lipinski definition) is 4. The van der Waals surface area contributed by atoms with E-state index in [1.807, 2.05) is 12.4 Å². The Morgan fingerprint density at radius 2 is 2.21 bits per heavy atom. The summed E-state index contributed by atoms with van der Waals surface area (Å²) in [4.78, 5) is 5.54. The number of H-pyrrole nitrogens is 1. The molecule has 0 unspecified atom stereocenters. The zero-order valence-corrected chi connectivity index (χ0v) is 14.1. The first-order chi connectivity index (χ1) is 11.5. The summed E-state index contributed by atoms with van der Waals surface area (Å²) in [6.45, 7) is 6.38. The molecule has 24 heavy (non-hydrogen) atoms. The van der Waals surface area contributed by atoms with Gasteiger partial charge in [-0.15, -0.1) is 5.10 Å². The molecule has 1 aliphatic rings. The maximum absolute atomic E-state index is 11.0. The fourth-order valence-corrected chi connectivity index (χ4v) is 3.49. The third-order valence-electron chi connectivity index (χ3n) is 4.92. The largest absolute Gasteiger partial charge is 0.382 e. The zero-order valence-electron chi connectivity index (χ0n) is 14.1. The van der Waals surface area contributed by atoms with Gasteiger partial charge in [0, 0.05) is 42.8 Å². The monoisotopic (exact) mass is 325 g/mol. The third kappa shape index (κ3) is 2.61. The van der Waals surface area contributed by atoms with Crippen LogP contribution in [-0.2, 0) is 12.1 Å². The van der Waals surface area contributed by atoms with Gasteiger partial charge >= 0.3 is 0 Å². The summed E-state index contributed by atoms with van der Waals surface area (Å²) in [5, 5.41) is 20.6. The third-order valence-corrected chi connectivity index (χ3v) is 4.92. The Morgan fingerprint density at radius 3 is 3.00 bits per heavy atom. The van der Waals surface area contributed by atoms with Gasteiger partial charge in [-0.2, -0.15) is 0 Å². The second-order valence-corrected chi connectivity index (χ2v) is 7.03. The molecule has 0 aliphatic carbocycles. The number of aromatic nitrogens is 4. The van der Waals surface area contributed by atoms with Crippen LogP contribution >= 0.6 is 0 Å². The highest BCUT2D eigenvalue weighted by atomic mass is 16.3. The van der Waals surface area contributed by atoms with Gasteiger partial charge in [-0.1, -0.05) is 17.3 Å². The van der Waals surface area contributed by atoms with Gasteiger partial charge in [0.2, 0.25) is 0 Å². The average Bonchev–Trinajstić information content (AvgIpc) is 3.26. The number of rotatable bonds is 4. The molecular weight excluding hydrogens is 302 g/mol. The number of benzene rings is 1. The fourth-order valence-electron chi connectivity index (χ4n) is 3.49. The first-order valence-corrected chi connectivity index (χ1v) is 8.47. The van der Waals surface area contributed by atoms with Gasteiger partial charge in [0.05, 0.1) is 6.20 Å². The molecule has 1 aliphatic heterocycles. The van der Waals surface area contributed by atoms with Crippen molar-refractivity contribution in [1.29, 1.82) is 0 Å². The fraction of sp³-hybridized carbons (Fsp3) is 0.444. The average molecular weight is 325 g/mol. The van der Waals surface area contributed by atoms with Gasteiger partial charge in [-0.25, -0.2) is 4.68 Å². The van der Waals surface area contributed by atoms with Crippen LogP contribution in [0.5, 0.6) is 0 Å². The van der Waals surface area contributed by atoms with Gasteiger partial charge in [0.25, 0.3) is 0 Å². The topological polar surface area (TPSA) is 70.0 Å². The molecule has 0 amide bonds. The minimum atomic E-state index is -0.904. The Balaban J connectivity index is 1.52. The van der Waals surface area contributed by atoms with Crippen LogP contribution < -0.4 is 0 Å². The number of likely N-dealkylation sites (tertiary alicyclic amines) is 1. The molecule has 0 saturated carbocycles. The molecule has 6 heteroatoms. The Labute approximate surface area is 141 Å². The van der Waals surface area contributed by atoms with Crippen molar-refractivity contribution >= 4 is 10.9 Å². The van der Waals surface area contributed by atoms with Crippen LogP contribution in [-0.4, -0.2) is 43.1 Å². The molecule has 3 aromatic rings. The van der Waals surface area contributed by atoms with Crippen LogP contribution in [0.3, 0.4) is 0 Å². The predicted molar refractivity (Wildman–Crippen MR) is 92.5 cm³/mol. The SMILES string of the molecule is CC(C)n1cc([C@@]2(O)CCN(Cc3cccc4[nH]ccc34)C2)nn1. The van der Waals surface area contributed by atoms with Crippen molar-refractivity contribution in [3.63, 3.8) is 0 Å². The molecule has 2 aromatic heterocycles. The van der Waals surface area contributed by atoms with Gasteiger partial charge in [0.15, 0.2) is 0 Å². The smallest absolute Gasteiger partial charge is 0.124 e. The van der Waals surface area contributed by atoms with Crippen molar-refractivity contribution in [2.24, 2.45) is 0 Å². The molecule has 0 spiro atoms. The zero-order chi connectivity index (χ0) is 16.7. The molecule has 1 aromatic carbocycles. The van der Waals surface area contributed by atoms with Crippen LogP contribution in [0.15, 0.2) is 36.7 Å². The molecule has 0 bridgehead atoms. The van der Waals surface area contributed by atoms with E-state index in [0.717, 1.165) is 18.6 Å². The maximum Gasteiger partial charge on any atom is 0.124 e. The van der Waals surface area contributed by atoms with Gasteiger partial charge in [-0.3, -0.25) is 4.90 Å². The van der Waals surface area contributed by atoms with E-state index in [1.165, 1.54) is 10.9 Å². The summed E-state index contributed by atoms with van der Waals surface area (Å²) in [5.74, 6) is 0. The van der Waals surface area contributed by atoms with Gasteiger partial charge in [-0.05, 0) is 38.0 Å². The lowest BCUT2D eigenvalue weighted by atomic mass is 10.00. The van der Waals surface area contributed by atoms with Gasteiger partial charge < -0.3 is 10.1 Å². The summed E-state index contributed by atoms with van der Waals surface area (Å²) in [7, 11) is 0. The number of β-amino-alcohol motifs (C(OH)–C–C–N with tert-alkyl or cyclic N) is 1. The second-order valence-electron chi connectivity index (χ2n) is 7.03. The van der Waals surface area contributed by atoms with E-state index in [9.17, 15) is 5.11 Å². The van der Waals surface area contributed by atoms with E-state index < -0.39 is 5.60 Å². The van der Waals surface area contributed by atoms with Crippen LogP contribution in [0.1, 0.15) is 37.6 Å². The molecule has 2 N–H and O–H groups in total. The number of fused-ring (bicyclic) bond motifs is 1. The van der Waals surface area contributed by atoms with Crippen molar-refractivity contribution in [2.45, 2.75) is 38.5 Å². The van der Waals surface area contributed by atoms with Gasteiger partial charge in [0.1, 0.15) is 11.3 Å². The molecule has 1 saturated heterocycles. The molecule has 4 rings (SSSR count). The Morgan fingerprint density at radius 1 is 1.33 bits per heavy atom. The molecule has 6 nitrogen and oxygen atoms in total. The van der Waals surface area contributed by atoms with Crippen LogP contribution in [0.4, 0.5) is 0 Å². The summed E-state index contributed by atoms with van der Waals surface area (Å²) in [6.07, 6.45) is 4.53. The van der Waals surface area contributed by atoms with E-state index in [0.29, 0.717) is 18.7 Å². The standard InChI is InChI=1S/C18H23N5O/c1-13(2)23-11-17(20-21-23)18(24)7-9-22(12-18)10-14-4-3-5-16-15(14)6-8-19-16/h3-6,8,11,13,19,24H,7,9-10,12H2,1-2H3/t18-/m1/s1. The summed E-state index contributed by atoms with van der Waals surface area (Å²) < 4.78 is 1.80. The van der Waals surface area contributed by atoms with Crippen molar-refractivity contribution in [3.05, 3.63) is 47.9 Å². The summed E-state index contributed by atoms with van der Waals surface area (Å²) >= 11 is 0. The number of nitrogens with zero attached hydrogens (tertiary/aromatic N) is 4. The quantitative estimate of drug-likeness (QED) is 0.773. The highest BCUT2D eigenvalue weighted by Crippen LogP contribution is 2.32. The van der Waals surface area contributed by atoms with E-state index in [1.54, 1.807) is 4.68 Å². The number of nitrogens with one attached hydrogen (secondary N) is 1. The number of hydrogen-bond donors (Lipinski definition) is 2. The summed E-state index contributed by atoms with van der Waals surface area (Å²) in [6, 6.07) is 8.68. The highest BCUT2D eigenvalue weighted by molar-refractivity contribution is 5.82. The second kappa shape index (κ2) is 5.72. The highest BCUT2D eigenvalue weighted by Gasteiger charge is 2.40. The molecule has 126 valence electrons. The lowest BCUT2D eigenvalue weighted by Crippen LogP contribution is -2.31. The predicted octanol–water partition coefficient (Wildman–Crippen LogP) is 2.43. The van der Waals surface area contributed by atoms with E-state index in [4.69, 9.17) is 0 Å². The van der Waals surface area contributed by atoms with Crippen molar-refractivity contribution in [2.75, 3.05) is 13.1 Å². The minimum Gasteiger partial charge on any atom is -0.382 e. The summed E-state index contributed by atoms with van der Waals surface area (Å²) in [5.41, 5.74) is 2.21. The number of aromatic amines is 1. The minimum absolute atomic E-state index is 0.249. The lowest BCUT2D eigenvalue weighted by Gasteiger charge is -2.21. The van der Waals surface area contributed by atoms with Crippen LogP contribution in [0, 0.1) is 0 Å². The van der Waals surface area contributed by atoms with Crippen molar-refractivity contribution < 1.29 is 5.11 Å². The van der Waals surface area contributed by atoms with Crippen LogP contribution in [0.2, 0.25) is 0 Å². The first kappa shape index (κ1) is 15.4. The maximum atomic E-state index is 11.0. The molecular formula is C18H23N5O. The van der Waals surface area contributed by atoms with E-state index in [2.05, 4.69) is 58.3 Å². The van der Waals surface area contributed by atoms with Crippen LogP contribution in [0.25, 0.3) is 10.9 Å². The Bertz CT molecular complexity index is 852.